The van der Waals surface area contributed by atoms with E-state index in [1.165, 1.54) is 31.9 Å². The first-order valence-corrected chi connectivity index (χ1v) is 14.1. The van der Waals surface area contributed by atoms with Crippen molar-refractivity contribution in [3.8, 4) is 17.6 Å². The van der Waals surface area contributed by atoms with E-state index >= 15 is 0 Å². The van der Waals surface area contributed by atoms with Crippen molar-refractivity contribution < 1.29 is 32.6 Å². The number of phenols is 1. The quantitative estimate of drug-likeness (QED) is 0.400. The fourth-order valence-corrected chi connectivity index (χ4v) is 6.74. The van der Waals surface area contributed by atoms with E-state index in [1.54, 1.807) is 30.1 Å². The van der Waals surface area contributed by atoms with Gasteiger partial charge in [-0.05, 0) is 92.9 Å². The van der Waals surface area contributed by atoms with E-state index in [9.17, 15) is 27.9 Å². The topological polar surface area (TPSA) is 70.1 Å². The normalized spacial score (nSPS) is 26.3. The van der Waals surface area contributed by atoms with Crippen LogP contribution in [0.5, 0.6) is 5.75 Å². The molecule has 218 valence electrons. The summed E-state index contributed by atoms with van der Waals surface area (Å²) in [6.07, 6.45) is 0.350. The van der Waals surface area contributed by atoms with Crippen molar-refractivity contribution in [2.75, 3.05) is 26.7 Å². The Morgan fingerprint density at radius 1 is 1.12 bits per heavy atom. The fraction of sp³-hybridized carbons (Fsp3) is 0.500. The van der Waals surface area contributed by atoms with Crippen LogP contribution in [0.2, 0.25) is 0 Å². The molecule has 1 heterocycles. The highest BCUT2D eigenvalue weighted by atomic mass is 19.4. The van der Waals surface area contributed by atoms with E-state index in [0.717, 1.165) is 30.8 Å². The number of carbonyl (C=O) groups is 2. The summed E-state index contributed by atoms with van der Waals surface area (Å²) in [7, 11) is 1.69. The number of likely N-dealkylation sites (tertiary alicyclic amines) is 1. The van der Waals surface area contributed by atoms with E-state index < -0.39 is 28.7 Å². The Morgan fingerprint density at radius 3 is 2.49 bits per heavy atom. The molecule has 0 bridgehead atoms. The van der Waals surface area contributed by atoms with Crippen molar-refractivity contribution >= 4 is 11.9 Å². The monoisotopic (exact) mass is 568 g/mol. The summed E-state index contributed by atoms with van der Waals surface area (Å²) in [5.41, 5.74) is -1.02. The van der Waals surface area contributed by atoms with E-state index in [-0.39, 0.29) is 17.8 Å². The highest BCUT2D eigenvalue weighted by Gasteiger charge is 2.61. The number of halogens is 3. The van der Waals surface area contributed by atoms with Gasteiger partial charge in [0.15, 0.2) is 0 Å². The van der Waals surface area contributed by atoms with Crippen LogP contribution in [0.25, 0.3) is 0 Å². The Morgan fingerprint density at radius 2 is 1.85 bits per heavy atom. The number of piperidine rings is 1. The maximum atomic E-state index is 13.2. The van der Waals surface area contributed by atoms with Crippen LogP contribution >= 0.6 is 0 Å². The first kappa shape index (κ1) is 29.0. The van der Waals surface area contributed by atoms with Crippen LogP contribution in [-0.2, 0) is 25.9 Å². The predicted octanol–water partition coefficient (Wildman–Crippen LogP) is 5.13. The summed E-state index contributed by atoms with van der Waals surface area (Å²) in [6.45, 7) is 3.81. The Kier molecular flexibility index (Phi) is 7.82. The summed E-state index contributed by atoms with van der Waals surface area (Å²) in [4.78, 5) is 29.7. The molecule has 1 saturated heterocycles. The molecule has 2 aromatic rings. The van der Waals surface area contributed by atoms with Gasteiger partial charge in [0.25, 0.3) is 5.91 Å². The number of carbonyl (C=O) groups excluding carboxylic acids is 2. The highest BCUT2D eigenvalue weighted by molar-refractivity contribution is 5.94. The van der Waals surface area contributed by atoms with Gasteiger partial charge in [-0.15, -0.1) is 0 Å². The summed E-state index contributed by atoms with van der Waals surface area (Å²) >= 11 is 0. The number of ether oxygens (including phenoxy) is 1. The number of alkyl halides is 3. The molecule has 1 amide bonds. The smallest absolute Gasteiger partial charge is 0.416 e. The van der Waals surface area contributed by atoms with Gasteiger partial charge in [0.2, 0.25) is 0 Å². The minimum absolute atomic E-state index is 0.128. The van der Waals surface area contributed by atoms with Crippen molar-refractivity contribution in [1.82, 2.24) is 9.80 Å². The molecule has 3 atom stereocenters. The lowest BCUT2D eigenvalue weighted by Crippen LogP contribution is -2.68. The van der Waals surface area contributed by atoms with Gasteiger partial charge >= 0.3 is 12.1 Å². The molecule has 0 aromatic heterocycles. The van der Waals surface area contributed by atoms with Gasteiger partial charge in [-0.2, -0.15) is 13.2 Å². The van der Waals surface area contributed by atoms with Crippen molar-refractivity contribution in [1.29, 1.82) is 0 Å². The number of fused-ring (bicyclic) bond motifs is 1. The van der Waals surface area contributed by atoms with Gasteiger partial charge in [0.05, 0.1) is 5.56 Å². The fourth-order valence-electron chi connectivity index (χ4n) is 6.74. The van der Waals surface area contributed by atoms with E-state index in [2.05, 4.69) is 16.7 Å². The maximum Gasteiger partial charge on any atom is 0.416 e. The van der Waals surface area contributed by atoms with Crippen molar-refractivity contribution in [3.05, 3.63) is 65.2 Å². The molecular weight excluding hydrogens is 533 g/mol. The van der Waals surface area contributed by atoms with Gasteiger partial charge in [-0.25, -0.2) is 0 Å². The van der Waals surface area contributed by atoms with Crippen LogP contribution < -0.4 is 0 Å². The number of phenolic OH excluding ortho intramolecular Hbond substituents is 1. The minimum Gasteiger partial charge on any atom is -0.508 e. The Bertz CT molecular complexity index is 1360. The number of aromatic hydroxyl groups is 1. The minimum atomic E-state index is -4.44. The lowest BCUT2D eigenvalue weighted by atomic mass is 9.55. The van der Waals surface area contributed by atoms with E-state index in [1.807, 2.05) is 6.07 Å². The third-order valence-electron chi connectivity index (χ3n) is 9.02. The van der Waals surface area contributed by atoms with Gasteiger partial charge < -0.3 is 14.7 Å². The van der Waals surface area contributed by atoms with Crippen LogP contribution in [0, 0.1) is 17.8 Å². The van der Waals surface area contributed by atoms with Gasteiger partial charge in [0.1, 0.15) is 11.4 Å². The van der Waals surface area contributed by atoms with Crippen molar-refractivity contribution in [3.63, 3.8) is 0 Å². The zero-order valence-electron chi connectivity index (χ0n) is 23.3. The Hall–Kier alpha value is -3.51. The number of amides is 1. The molecule has 9 heteroatoms. The zero-order chi connectivity index (χ0) is 29.4. The lowest BCUT2D eigenvalue weighted by Gasteiger charge is -2.60. The lowest BCUT2D eigenvalue weighted by molar-refractivity contribution is -0.190. The zero-order valence-corrected chi connectivity index (χ0v) is 23.3. The van der Waals surface area contributed by atoms with E-state index in [0.29, 0.717) is 43.7 Å². The second kappa shape index (κ2) is 11.1. The summed E-state index contributed by atoms with van der Waals surface area (Å²) in [6, 6.07) is 11.3. The summed E-state index contributed by atoms with van der Waals surface area (Å²) in [5, 5.41) is 10.4. The number of rotatable bonds is 5. The number of nitrogens with zero attached hydrogens (tertiary/aromatic N) is 2. The molecular formula is C32H35F3N2O4. The average molecular weight is 569 g/mol. The predicted molar refractivity (Wildman–Crippen MR) is 147 cm³/mol. The van der Waals surface area contributed by atoms with Crippen LogP contribution in [-0.4, -0.2) is 65.1 Å². The standard InChI is InChI=1S/C32H35F3N2O4/c1-22(38)41-31-15-14-27(36(2)29(40)13-10-23-8-11-25(12-9-23)32(33,34)35)19-30(31,26-4-3-5-28(39)18-26)16-17-37(21-31)20-24-6-7-24/h3-5,8-9,11-12,18,24,27,39H,6-7,14-17,19-21H2,1-2H3/t27-,30+,31+/m1/s1. The molecule has 0 spiro atoms. The Labute approximate surface area is 238 Å². The molecule has 41 heavy (non-hydrogen) atoms. The SMILES string of the molecule is CC(=O)O[C@]12CC[C@@H](N(C)C(=O)C#Cc3ccc(C(F)(F)F)cc3)C[C@]1(c1cccc(O)c1)CCN(CC1CC1)C2. The first-order chi connectivity index (χ1) is 19.4. The van der Waals surface area contributed by atoms with Crippen LogP contribution in [0.3, 0.4) is 0 Å². The first-order valence-electron chi connectivity index (χ1n) is 14.1. The third-order valence-corrected chi connectivity index (χ3v) is 9.02. The Balaban J connectivity index is 1.42. The van der Waals surface area contributed by atoms with Gasteiger partial charge in [-0.3, -0.25) is 14.5 Å². The molecule has 5 rings (SSSR count). The van der Waals surface area contributed by atoms with Gasteiger partial charge in [0, 0.05) is 50.0 Å². The molecule has 2 saturated carbocycles. The molecule has 6 nitrogen and oxygen atoms in total. The van der Waals surface area contributed by atoms with Crippen molar-refractivity contribution in [2.24, 2.45) is 5.92 Å². The highest BCUT2D eigenvalue weighted by Crippen LogP contribution is 2.55. The van der Waals surface area contributed by atoms with Crippen LogP contribution in [0.1, 0.15) is 62.1 Å². The molecule has 3 aliphatic rings. The van der Waals surface area contributed by atoms with Crippen LogP contribution in [0.4, 0.5) is 13.2 Å². The summed E-state index contributed by atoms with van der Waals surface area (Å²) < 4.78 is 44.9. The van der Waals surface area contributed by atoms with E-state index in [4.69, 9.17) is 4.74 Å². The number of hydrogen-bond acceptors (Lipinski definition) is 5. The second-order valence-corrected chi connectivity index (χ2v) is 11.8. The number of hydrogen-bond donors (Lipinski definition) is 1. The molecule has 2 aliphatic carbocycles. The largest absolute Gasteiger partial charge is 0.508 e. The molecule has 0 radical (unpaired) electrons. The maximum absolute atomic E-state index is 13.2. The number of esters is 1. The molecule has 3 fully saturated rings. The average Bonchev–Trinajstić information content (AvgIpc) is 3.74. The second-order valence-electron chi connectivity index (χ2n) is 11.8. The number of benzene rings is 2. The third kappa shape index (κ3) is 6.08. The molecule has 2 aromatic carbocycles. The van der Waals surface area contributed by atoms with Crippen LogP contribution in [0.15, 0.2) is 48.5 Å². The van der Waals surface area contributed by atoms with Gasteiger partial charge in [-0.1, -0.05) is 18.1 Å². The molecule has 1 N–H and O–H groups in total. The molecule has 0 unspecified atom stereocenters. The summed E-state index contributed by atoms with van der Waals surface area (Å²) in [5.74, 6) is 5.30. The molecule has 1 aliphatic heterocycles. The van der Waals surface area contributed by atoms with Crippen molar-refractivity contribution in [2.45, 2.75) is 68.7 Å².